The smallest absolute Gasteiger partial charge is 0.337 e. The third-order valence-corrected chi connectivity index (χ3v) is 3.68. The Morgan fingerprint density at radius 1 is 1.22 bits per heavy atom. The number of nitrogens with one attached hydrogen (secondary N) is 2. The molecule has 1 heterocycles. The molecular formula is C15H17ClN2O5. The fourth-order valence-corrected chi connectivity index (χ4v) is 2.70. The van der Waals surface area contributed by atoms with Crippen LogP contribution in [-0.2, 0) is 9.53 Å². The summed E-state index contributed by atoms with van der Waals surface area (Å²) in [5, 5.41) is 5.61. The Bertz CT molecular complexity index is 687. The van der Waals surface area contributed by atoms with Crippen molar-refractivity contribution < 1.29 is 23.8 Å². The van der Waals surface area contributed by atoms with Gasteiger partial charge in [0.15, 0.2) is 11.5 Å². The minimum Gasteiger partial charge on any atom is -0.493 e. The summed E-state index contributed by atoms with van der Waals surface area (Å²) < 4.78 is 15.4. The second kappa shape index (κ2) is 6.78. The van der Waals surface area contributed by atoms with Crippen molar-refractivity contribution in [1.82, 2.24) is 10.6 Å². The SMILES string of the molecule is COC(=O)C1=C(C)NC(=O)NC1c1cc(Cl)cc(OC)c1OC. The van der Waals surface area contributed by atoms with Crippen LogP contribution in [0.15, 0.2) is 23.4 Å². The summed E-state index contributed by atoms with van der Waals surface area (Å²) in [6, 6.07) is 1.97. The van der Waals surface area contributed by atoms with E-state index >= 15 is 0 Å². The van der Waals surface area contributed by atoms with Gasteiger partial charge in [-0.1, -0.05) is 11.6 Å². The Labute approximate surface area is 138 Å². The van der Waals surface area contributed by atoms with Gasteiger partial charge in [0, 0.05) is 22.3 Å². The van der Waals surface area contributed by atoms with Crippen LogP contribution in [0.3, 0.4) is 0 Å². The largest absolute Gasteiger partial charge is 0.493 e. The highest BCUT2D eigenvalue weighted by Gasteiger charge is 2.34. The molecule has 0 bridgehead atoms. The number of esters is 1. The number of methoxy groups -OCH3 is 3. The summed E-state index contributed by atoms with van der Waals surface area (Å²) in [5.74, 6) is 0.198. The first-order chi connectivity index (χ1) is 10.9. The predicted octanol–water partition coefficient (Wildman–Crippen LogP) is 2.16. The van der Waals surface area contributed by atoms with E-state index in [1.807, 2.05) is 0 Å². The quantitative estimate of drug-likeness (QED) is 0.820. The van der Waals surface area contributed by atoms with E-state index in [0.717, 1.165) is 0 Å². The maximum Gasteiger partial charge on any atom is 0.337 e. The highest BCUT2D eigenvalue weighted by molar-refractivity contribution is 6.30. The topological polar surface area (TPSA) is 85.9 Å². The molecule has 124 valence electrons. The second-order valence-corrected chi connectivity index (χ2v) is 5.23. The highest BCUT2D eigenvalue weighted by atomic mass is 35.5. The van der Waals surface area contributed by atoms with Gasteiger partial charge in [-0.2, -0.15) is 0 Å². The molecular weight excluding hydrogens is 324 g/mol. The predicted molar refractivity (Wildman–Crippen MR) is 83.7 cm³/mol. The lowest BCUT2D eigenvalue weighted by molar-refractivity contribution is -0.136. The van der Waals surface area contributed by atoms with Crippen molar-refractivity contribution in [3.63, 3.8) is 0 Å². The molecule has 1 unspecified atom stereocenters. The maximum atomic E-state index is 12.1. The van der Waals surface area contributed by atoms with E-state index in [2.05, 4.69) is 10.6 Å². The Hall–Kier alpha value is -2.41. The zero-order valence-corrected chi connectivity index (χ0v) is 13.9. The zero-order chi connectivity index (χ0) is 17.1. The van der Waals surface area contributed by atoms with Gasteiger partial charge in [-0.3, -0.25) is 0 Å². The van der Waals surface area contributed by atoms with Crippen molar-refractivity contribution >= 4 is 23.6 Å². The molecule has 0 aromatic heterocycles. The molecule has 1 atom stereocenters. The van der Waals surface area contributed by atoms with E-state index in [1.165, 1.54) is 21.3 Å². The van der Waals surface area contributed by atoms with Crippen molar-refractivity contribution in [3.05, 3.63) is 34.0 Å². The van der Waals surface area contributed by atoms with E-state index < -0.39 is 18.0 Å². The molecule has 2 N–H and O–H groups in total. The molecule has 8 heteroatoms. The number of carbonyl (C=O) groups is 2. The number of amides is 2. The molecule has 7 nitrogen and oxygen atoms in total. The first-order valence-corrected chi connectivity index (χ1v) is 7.08. The van der Waals surface area contributed by atoms with Crippen LogP contribution in [0.5, 0.6) is 11.5 Å². The van der Waals surface area contributed by atoms with Gasteiger partial charge in [0.25, 0.3) is 0 Å². The molecule has 0 saturated carbocycles. The summed E-state index contributed by atoms with van der Waals surface area (Å²) in [5.41, 5.74) is 1.15. The lowest BCUT2D eigenvalue weighted by Gasteiger charge is -2.29. The molecule has 1 aromatic rings. The number of halogens is 1. The average molecular weight is 341 g/mol. The lowest BCUT2D eigenvalue weighted by atomic mass is 9.94. The van der Waals surface area contributed by atoms with Gasteiger partial charge >= 0.3 is 12.0 Å². The van der Waals surface area contributed by atoms with Crippen LogP contribution < -0.4 is 20.1 Å². The molecule has 0 radical (unpaired) electrons. The number of urea groups is 1. The summed E-state index contributed by atoms with van der Waals surface area (Å²) in [4.78, 5) is 24.0. The Morgan fingerprint density at radius 3 is 2.48 bits per heavy atom. The van der Waals surface area contributed by atoms with Crippen LogP contribution >= 0.6 is 11.6 Å². The van der Waals surface area contributed by atoms with E-state index in [1.54, 1.807) is 19.1 Å². The molecule has 0 spiro atoms. The lowest BCUT2D eigenvalue weighted by Crippen LogP contribution is -2.45. The summed E-state index contributed by atoms with van der Waals surface area (Å²) in [6.07, 6.45) is 0. The molecule has 2 rings (SSSR count). The molecule has 0 saturated heterocycles. The van der Waals surface area contributed by atoms with Crippen LogP contribution in [0.1, 0.15) is 18.5 Å². The van der Waals surface area contributed by atoms with Crippen LogP contribution in [0, 0.1) is 0 Å². The van der Waals surface area contributed by atoms with Gasteiger partial charge in [0.1, 0.15) is 0 Å². The average Bonchev–Trinajstić information content (AvgIpc) is 2.52. The number of hydrogen-bond donors (Lipinski definition) is 2. The molecule has 1 aromatic carbocycles. The Balaban J connectivity index is 2.67. The summed E-state index contributed by atoms with van der Waals surface area (Å²) in [7, 11) is 4.21. The molecule has 0 fully saturated rings. The van der Waals surface area contributed by atoms with Crippen LogP contribution in [-0.4, -0.2) is 33.3 Å². The zero-order valence-electron chi connectivity index (χ0n) is 13.2. The van der Waals surface area contributed by atoms with Crippen molar-refractivity contribution in [1.29, 1.82) is 0 Å². The van der Waals surface area contributed by atoms with Crippen molar-refractivity contribution in [3.8, 4) is 11.5 Å². The van der Waals surface area contributed by atoms with Crippen molar-refractivity contribution in [2.24, 2.45) is 0 Å². The third-order valence-electron chi connectivity index (χ3n) is 3.46. The molecule has 1 aliphatic heterocycles. The van der Waals surface area contributed by atoms with Gasteiger partial charge < -0.3 is 24.8 Å². The monoisotopic (exact) mass is 340 g/mol. The van der Waals surface area contributed by atoms with E-state index in [4.69, 9.17) is 25.8 Å². The van der Waals surface area contributed by atoms with Gasteiger partial charge in [-0.25, -0.2) is 9.59 Å². The molecule has 23 heavy (non-hydrogen) atoms. The van der Waals surface area contributed by atoms with E-state index in [0.29, 0.717) is 27.8 Å². The first kappa shape index (κ1) is 17.0. The Morgan fingerprint density at radius 2 is 1.91 bits per heavy atom. The second-order valence-electron chi connectivity index (χ2n) is 4.79. The number of hydrogen-bond acceptors (Lipinski definition) is 5. The number of allylic oxidation sites excluding steroid dienone is 1. The van der Waals surface area contributed by atoms with Gasteiger partial charge in [-0.05, 0) is 13.0 Å². The fourth-order valence-electron chi connectivity index (χ4n) is 2.48. The number of ether oxygens (including phenoxy) is 3. The first-order valence-electron chi connectivity index (χ1n) is 6.71. The van der Waals surface area contributed by atoms with E-state index in [9.17, 15) is 9.59 Å². The van der Waals surface area contributed by atoms with Gasteiger partial charge in [0.05, 0.1) is 32.9 Å². The van der Waals surface area contributed by atoms with Crippen LogP contribution in [0.4, 0.5) is 4.79 Å². The Kier molecular flexibility index (Phi) is 5.00. The number of rotatable bonds is 4. The van der Waals surface area contributed by atoms with Crippen molar-refractivity contribution in [2.75, 3.05) is 21.3 Å². The molecule has 2 amide bonds. The minimum absolute atomic E-state index is 0.259. The van der Waals surface area contributed by atoms with Gasteiger partial charge in [-0.15, -0.1) is 0 Å². The fraction of sp³-hybridized carbons (Fsp3) is 0.333. The maximum absolute atomic E-state index is 12.1. The standard InChI is InChI=1S/C15H17ClN2O5/c1-7-11(14(19)23-4)12(18-15(20)17-7)9-5-8(16)6-10(21-2)13(9)22-3/h5-6,12H,1-4H3,(H2,17,18,20). The van der Waals surface area contributed by atoms with Gasteiger partial charge in [0.2, 0.25) is 0 Å². The molecule has 0 aliphatic carbocycles. The summed E-state index contributed by atoms with van der Waals surface area (Å²) in [6.45, 7) is 1.62. The highest BCUT2D eigenvalue weighted by Crippen LogP contribution is 2.41. The van der Waals surface area contributed by atoms with Crippen LogP contribution in [0.2, 0.25) is 5.02 Å². The molecule has 1 aliphatic rings. The summed E-state index contributed by atoms with van der Waals surface area (Å²) >= 11 is 6.11. The van der Waals surface area contributed by atoms with E-state index in [-0.39, 0.29) is 5.57 Å². The minimum atomic E-state index is -0.779. The number of carbonyl (C=O) groups excluding carboxylic acids is 2. The van der Waals surface area contributed by atoms with Crippen molar-refractivity contribution in [2.45, 2.75) is 13.0 Å². The third kappa shape index (κ3) is 3.19. The number of benzene rings is 1. The van der Waals surface area contributed by atoms with Crippen LogP contribution in [0.25, 0.3) is 0 Å². The normalized spacial score (nSPS) is 17.3.